The third-order valence-corrected chi connectivity index (χ3v) is 5.20. The highest BCUT2D eigenvalue weighted by molar-refractivity contribution is 7.92. The Hall–Kier alpha value is -2.25. The molecule has 8 heteroatoms. The fourth-order valence-corrected chi connectivity index (χ4v) is 3.18. The van der Waals surface area contributed by atoms with E-state index in [1.807, 2.05) is 0 Å². The third kappa shape index (κ3) is 4.14. The van der Waals surface area contributed by atoms with Gasteiger partial charge in [-0.1, -0.05) is 23.7 Å². The van der Waals surface area contributed by atoms with Crippen molar-refractivity contribution < 1.29 is 17.9 Å². The Morgan fingerprint density at radius 1 is 1.13 bits per heavy atom. The quantitative estimate of drug-likeness (QED) is 0.893. The first-order valence-corrected chi connectivity index (χ1v) is 8.38. The number of rotatable bonds is 5. The highest BCUT2D eigenvalue weighted by atomic mass is 35.5. The summed E-state index contributed by atoms with van der Waals surface area (Å²) in [6.45, 7) is -0.0112. The Balaban J connectivity index is 2.21. The van der Waals surface area contributed by atoms with Crippen molar-refractivity contribution in [1.29, 1.82) is 0 Å². The minimum absolute atomic E-state index is 0.0112. The van der Waals surface area contributed by atoms with Crippen LogP contribution in [0.5, 0.6) is 0 Å². The fraction of sp³-hybridized carbons (Fsp3) is 0.133. The topological polar surface area (TPSA) is 89.7 Å². The summed E-state index contributed by atoms with van der Waals surface area (Å²) in [5.41, 5.74) is 6.01. The number of primary amides is 1. The number of carbonyl (C=O) groups is 1. The number of ether oxygens (including phenoxy) is 1. The van der Waals surface area contributed by atoms with Gasteiger partial charge in [0.15, 0.2) is 0 Å². The summed E-state index contributed by atoms with van der Waals surface area (Å²) in [4.78, 5) is 10.7. The maximum Gasteiger partial charge on any atom is 0.404 e. The molecule has 0 aliphatic rings. The zero-order valence-corrected chi connectivity index (χ0v) is 13.8. The zero-order valence-electron chi connectivity index (χ0n) is 12.3. The van der Waals surface area contributed by atoms with Gasteiger partial charge in [-0.25, -0.2) is 13.2 Å². The molecular formula is C15H15ClN2O4S. The summed E-state index contributed by atoms with van der Waals surface area (Å²) in [7, 11) is -2.23. The van der Waals surface area contributed by atoms with E-state index in [4.69, 9.17) is 17.3 Å². The Morgan fingerprint density at radius 3 is 2.22 bits per heavy atom. The van der Waals surface area contributed by atoms with E-state index in [-0.39, 0.29) is 11.5 Å². The van der Waals surface area contributed by atoms with Gasteiger partial charge in [0.05, 0.1) is 10.6 Å². The molecule has 2 aromatic carbocycles. The number of halogens is 1. The van der Waals surface area contributed by atoms with Gasteiger partial charge in [-0.2, -0.15) is 0 Å². The summed E-state index contributed by atoms with van der Waals surface area (Å²) >= 11 is 5.80. The monoisotopic (exact) mass is 354 g/mol. The lowest BCUT2D eigenvalue weighted by Crippen LogP contribution is -2.26. The standard InChI is InChI=1S/C15H15ClN2O4S/c1-18(13-6-4-12(16)5-7-13)23(20,21)14-8-2-11(3-9-14)10-22-15(17)19/h2-9H,10H2,1H3,(H2,17,19). The van der Waals surface area contributed by atoms with Crippen molar-refractivity contribution in [1.82, 2.24) is 0 Å². The van der Waals surface area contributed by atoms with Crippen molar-refractivity contribution >= 4 is 33.4 Å². The van der Waals surface area contributed by atoms with Crippen LogP contribution in [-0.2, 0) is 21.4 Å². The van der Waals surface area contributed by atoms with Gasteiger partial charge >= 0.3 is 6.09 Å². The van der Waals surface area contributed by atoms with Crippen LogP contribution in [0.2, 0.25) is 5.02 Å². The first kappa shape index (κ1) is 17.1. The number of anilines is 1. The third-order valence-electron chi connectivity index (χ3n) is 3.15. The molecule has 0 heterocycles. The second-order valence-corrected chi connectivity index (χ2v) is 7.11. The molecular weight excluding hydrogens is 340 g/mol. The van der Waals surface area contributed by atoms with Crippen molar-refractivity contribution in [3.05, 3.63) is 59.1 Å². The molecule has 0 aliphatic carbocycles. The van der Waals surface area contributed by atoms with Gasteiger partial charge in [0.1, 0.15) is 6.61 Å². The predicted molar refractivity (Wildman–Crippen MR) is 87.9 cm³/mol. The molecule has 0 aromatic heterocycles. The Bertz CT molecular complexity index is 789. The lowest BCUT2D eigenvalue weighted by Gasteiger charge is -2.19. The van der Waals surface area contributed by atoms with Gasteiger partial charge < -0.3 is 10.5 Å². The van der Waals surface area contributed by atoms with Crippen molar-refractivity contribution in [2.75, 3.05) is 11.4 Å². The molecule has 0 atom stereocenters. The van der Waals surface area contributed by atoms with Crippen LogP contribution in [0.1, 0.15) is 5.56 Å². The summed E-state index contributed by atoms with van der Waals surface area (Å²) in [6, 6.07) is 12.5. The molecule has 2 N–H and O–H groups in total. The summed E-state index contributed by atoms with van der Waals surface area (Å²) in [6.07, 6.45) is -0.885. The van der Waals surface area contributed by atoms with E-state index < -0.39 is 16.1 Å². The lowest BCUT2D eigenvalue weighted by atomic mass is 10.2. The Kier molecular flexibility index (Phi) is 5.12. The van der Waals surface area contributed by atoms with Crippen LogP contribution in [0, 0.1) is 0 Å². The Labute approximate surface area is 139 Å². The van der Waals surface area contributed by atoms with E-state index in [0.29, 0.717) is 16.3 Å². The maximum absolute atomic E-state index is 12.6. The molecule has 0 unspecified atom stereocenters. The largest absolute Gasteiger partial charge is 0.445 e. The van der Waals surface area contributed by atoms with Gasteiger partial charge in [-0.05, 0) is 42.0 Å². The molecule has 2 rings (SSSR count). The van der Waals surface area contributed by atoms with E-state index in [1.165, 1.54) is 19.2 Å². The number of amides is 1. The molecule has 2 aromatic rings. The van der Waals surface area contributed by atoms with Crippen molar-refractivity contribution in [3.63, 3.8) is 0 Å². The van der Waals surface area contributed by atoms with Crippen LogP contribution in [-0.4, -0.2) is 21.6 Å². The number of benzene rings is 2. The average Bonchev–Trinajstić information content (AvgIpc) is 2.53. The van der Waals surface area contributed by atoms with Crippen LogP contribution in [0.25, 0.3) is 0 Å². The second-order valence-electron chi connectivity index (χ2n) is 4.70. The number of hydrogen-bond acceptors (Lipinski definition) is 4. The van der Waals surface area contributed by atoms with Gasteiger partial charge in [-0.15, -0.1) is 0 Å². The zero-order chi connectivity index (χ0) is 17.0. The molecule has 0 saturated carbocycles. The second kappa shape index (κ2) is 6.89. The fourth-order valence-electron chi connectivity index (χ4n) is 1.86. The molecule has 0 fully saturated rings. The molecule has 0 radical (unpaired) electrons. The number of hydrogen-bond donors (Lipinski definition) is 1. The van der Waals surface area contributed by atoms with Crippen molar-refractivity contribution in [2.24, 2.45) is 5.73 Å². The molecule has 23 heavy (non-hydrogen) atoms. The van der Waals surface area contributed by atoms with Gasteiger partial charge in [0.25, 0.3) is 10.0 Å². The molecule has 0 spiro atoms. The smallest absolute Gasteiger partial charge is 0.404 e. The average molecular weight is 355 g/mol. The predicted octanol–water partition coefficient (Wildman–Crippen LogP) is 2.76. The van der Waals surface area contributed by atoms with Crippen LogP contribution < -0.4 is 10.0 Å². The molecule has 0 saturated heterocycles. The van der Waals surface area contributed by atoms with Gasteiger partial charge in [0, 0.05) is 12.1 Å². The highest BCUT2D eigenvalue weighted by Crippen LogP contribution is 2.23. The number of nitrogens with zero attached hydrogens (tertiary/aromatic N) is 1. The summed E-state index contributed by atoms with van der Waals surface area (Å²) < 4.78 is 31.0. The Morgan fingerprint density at radius 2 is 1.70 bits per heavy atom. The van der Waals surface area contributed by atoms with Crippen LogP contribution in [0.15, 0.2) is 53.4 Å². The van der Waals surface area contributed by atoms with E-state index in [9.17, 15) is 13.2 Å². The molecule has 0 aliphatic heterocycles. The van der Waals surface area contributed by atoms with Crippen LogP contribution >= 0.6 is 11.6 Å². The number of nitrogens with two attached hydrogens (primary N) is 1. The van der Waals surface area contributed by atoms with Crippen molar-refractivity contribution in [3.8, 4) is 0 Å². The molecule has 6 nitrogen and oxygen atoms in total. The van der Waals surface area contributed by atoms with Gasteiger partial charge in [0.2, 0.25) is 0 Å². The summed E-state index contributed by atoms with van der Waals surface area (Å²) in [5.74, 6) is 0. The highest BCUT2D eigenvalue weighted by Gasteiger charge is 2.21. The van der Waals surface area contributed by atoms with E-state index >= 15 is 0 Å². The van der Waals surface area contributed by atoms with Gasteiger partial charge in [-0.3, -0.25) is 4.31 Å². The van der Waals surface area contributed by atoms with Crippen LogP contribution in [0.4, 0.5) is 10.5 Å². The normalized spacial score (nSPS) is 11.0. The minimum atomic E-state index is -3.70. The molecule has 1 amide bonds. The van der Waals surface area contributed by atoms with Crippen LogP contribution in [0.3, 0.4) is 0 Å². The number of carbonyl (C=O) groups excluding carboxylic acids is 1. The van der Waals surface area contributed by atoms with E-state index in [1.54, 1.807) is 36.4 Å². The molecule has 0 bridgehead atoms. The first-order valence-electron chi connectivity index (χ1n) is 6.56. The summed E-state index contributed by atoms with van der Waals surface area (Å²) in [5, 5.41) is 0.526. The number of sulfonamides is 1. The minimum Gasteiger partial charge on any atom is -0.445 e. The first-order chi connectivity index (χ1) is 10.8. The lowest BCUT2D eigenvalue weighted by molar-refractivity contribution is 0.150. The van der Waals surface area contributed by atoms with E-state index in [2.05, 4.69) is 4.74 Å². The molecule has 122 valence electrons. The SMILES string of the molecule is CN(c1ccc(Cl)cc1)S(=O)(=O)c1ccc(COC(N)=O)cc1. The van der Waals surface area contributed by atoms with Crippen molar-refractivity contribution in [2.45, 2.75) is 11.5 Å². The maximum atomic E-state index is 12.6. The van der Waals surface area contributed by atoms with E-state index in [0.717, 1.165) is 4.31 Å².